The van der Waals surface area contributed by atoms with E-state index in [4.69, 9.17) is 10.5 Å². The van der Waals surface area contributed by atoms with Gasteiger partial charge in [0.1, 0.15) is 5.60 Å². The average molecular weight is 478 g/mol. The van der Waals surface area contributed by atoms with Crippen molar-refractivity contribution >= 4 is 12.0 Å². The number of fused-ring (bicyclic) bond motifs is 2. The van der Waals surface area contributed by atoms with Crippen LogP contribution in [0.15, 0.2) is 54.6 Å². The molecule has 2 aliphatic rings. The molecule has 0 saturated carbocycles. The van der Waals surface area contributed by atoms with E-state index in [0.717, 1.165) is 25.8 Å². The Balaban J connectivity index is 1.39. The highest BCUT2D eigenvalue weighted by atomic mass is 16.6. The van der Waals surface area contributed by atoms with Crippen LogP contribution in [0.2, 0.25) is 0 Å². The van der Waals surface area contributed by atoms with Crippen molar-refractivity contribution < 1.29 is 14.3 Å². The summed E-state index contributed by atoms with van der Waals surface area (Å²) in [6, 6.07) is 19.1. The highest BCUT2D eigenvalue weighted by molar-refractivity contribution is 5.92. The zero-order valence-electron chi connectivity index (χ0n) is 21.3. The van der Waals surface area contributed by atoms with Gasteiger partial charge in [-0.15, -0.1) is 0 Å². The van der Waals surface area contributed by atoms with Gasteiger partial charge in [0.05, 0.1) is 0 Å². The topological polar surface area (TPSA) is 75.9 Å². The van der Waals surface area contributed by atoms with Crippen molar-refractivity contribution in [2.24, 2.45) is 5.73 Å². The second kappa shape index (κ2) is 10.8. The Morgan fingerprint density at radius 3 is 2.31 bits per heavy atom. The van der Waals surface area contributed by atoms with Crippen LogP contribution in [0.25, 0.3) is 0 Å². The summed E-state index contributed by atoms with van der Waals surface area (Å²) in [6.07, 6.45) is 5.11. The molecule has 2 atom stereocenters. The van der Waals surface area contributed by atoms with Crippen LogP contribution in [0.3, 0.4) is 0 Å². The Labute approximate surface area is 209 Å². The third-order valence-electron chi connectivity index (χ3n) is 7.32. The Hall–Kier alpha value is -2.86. The number of benzene rings is 2. The molecule has 188 valence electrons. The molecule has 2 bridgehead atoms. The number of carbonyl (C=O) groups is 2. The van der Waals surface area contributed by atoms with Crippen molar-refractivity contribution in [2.45, 2.75) is 76.5 Å². The number of piperidine rings is 1. The zero-order chi connectivity index (χ0) is 25.0. The lowest BCUT2D eigenvalue weighted by atomic mass is 9.84. The Kier molecular flexibility index (Phi) is 7.80. The van der Waals surface area contributed by atoms with Gasteiger partial charge in [-0.3, -0.25) is 9.69 Å². The summed E-state index contributed by atoms with van der Waals surface area (Å²) >= 11 is 0. The fourth-order valence-corrected chi connectivity index (χ4v) is 5.62. The van der Waals surface area contributed by atoms with E-state index in [2.05, 4.69) is 23.1 Å². The molecule has 2 aromatic carbocycles. The fourth-order valence-electron chi connectivity index (χ4n) is 5.62. The molecule has 0 aromatic heterocycles. The van der Waals surface area contributed by atoms with Crippen LogP contribution in [0, 0.1) is 0 Å². The molecule has 4 rings (SSSR count). The van der Waals surface area contributed by atoms with Gasteiger partial charge in [0.25, 0.3) is 0 Å². The Morgan fingerprint density at radius 1 is 1.00 bits per heavy atom. The first-order valence-electron chi connectivity index (χ1n) is 12.9. The highest BCUT2D eigenvalue weighted by Gasteiger charge is 2.41. The maximum Gasteiger partial charge on any atom is 0.410 e. The number of rotatable bonds is 8. The van der Waals surface area contributed by atoms with Gasteiger partial charge in [0, 0.05) is 37.3 Å². The second-order valence-electron chi connectivity index (χ2n) is 11.0. The van der Waals surface area contributed by atoms with Crippen molar-refractivity contribution in [3.8, 4) is 0 Å². The van der Waals surface area contributed by atoms with E-state index in [1.54, 1.807) is 6.07 Å². The molecule has 2 fully saturated rings. The lowest BCUT2D eigenvalue weighted by Crippen LogP contribution is -2.48. The second-order valence-corrected chi connectivity index (χ2v) is 11.0. The van der Waals surface area contributed by atoms with E-state index < -0.39 is 5.60 Å². The molecule has 2 unspecified atom stereocenters. The van der Waals surface area contributed by atoms with Crippen LogP contribution in [0.1, 0.15) is 73.9 Å². The summed E-state index contributed by atoms with van der Waals surface area (Å²) in [6.45, 7) is 7.91. The van der Waals surface area contributed by atoms with E-state index in [9.17, 15) is 9.59 Å². The third-order valence-corrected chi connectivity index (χ3v) is 7.32. The van der Waals surface area contributed by atoms with E-state index in [0.29, 0.717) is 36.7 Å². The molecule has 2 heterocycles. The van der Waals surface area contributed by atoms with Crippen LogP contribution in [0.4, 0.5) is 4.79 Å². The Morgan fingerprint density at radius 2 is 1.69 bits per heavy atom. The van der Waals surface area contributed by atoms with Crippen molar-refractivity contribution in [3.63, 3.8) is 0 Å². The van der Waals surface area contributed by atoms with Gasteiger partial charge in [-0.25, -0.2) is 4.79 Å². The quantitative estimate of drug-likeness (QED) is 0.582. The minimum absolute atomic E-state index is 0.237. The molecule has 6 nitrogen and oxygen atoms in total. The molecule has 2 amide bonds. The molecular formula is C29H39N3O3. The molecule has 2 aromatic rings. The van der Waals surface area contributed by atoms with Crippen LogP contribution in [-0.2, 0) is 11.2 Å². The lowest BCUT2D eigenvalue weighted by molar-refractivity contribution is 0.0206. The average Bonchev–Trinajstić information content (AvgIpc) is 3.05. The summed E-state index contributed by atoms with van der Waals surface area (Å²) < 4.78 is 5.73. The fraction of sp³-hybridized carbons (Fsp3) is 0.517. The molecule has 0 spiro atoms. The first kappa shape index (κ1) is 25.2. The largest absolute Gasteiger partial charge is 0.444 e. The van der Waals surface area contributed by atoms with Crippen molar-refractivity contribution in [2.75, 3.05) is 19.6 Å². The molecule has 2 saturated heterocycles. The number of hydrogen-bond donors (Lipinski definition) is 1. The number of nitrogens with zero attached hydrogens (tertiary/aromatic N) is 2. The van der Waals surface area contributed by atoms with E-state index in [1.807, 2.05) is 56.0 Å². The van der Waals surface area contributed by atoms with E-state index >= 15 is 0 Å². The minimum Gasteiger partial charge on any atom is -0.444 e. The van der Waals surface area contributed by atoms with Gasteiger partial charge in [-0.2, -0.15) is 0 Å². The van der Waals surface area contributed by atoms with Crippen LogP contribution in [0.5, 0.6) is 0 Å². The Bertz CT molecular complexity index is 1000. The predicted molar refractivity (Wildman–Crippen MR) is 138 cm³/mol. The van der Waals surface area contributed by atoms with E-state index in [1.165, 1.54) is 24.0 Å². The lowest BCUT2D eigenvalue weighted by Gasteiger charge is -2.40. The molecule has 2 N–H and O–H groups in total. The van der Waals surface area contributed by atoms with Crippen LogP contribution in [-0.4, -0.2) is 59.1 Å². The van der Waals surface area contributed by atoms with Gasteiger partial charge in [-0.05, 0) is 82.1 Å². The standard InChI is InChI=1S/C29H39N3O3/c1-29(2,3)35-28(34)31(15-14-21-8-5-4-6-9-21)16-17-32-25-12-13-26(32)20-24(19-25)22-10-7-11-23(18-22)27(30)33/h4-11,18,24-26H,12-17,19-20H2,1-3H3,(H2,30,33). The summed E-state index contributed by atoms with van der Waals surface area (Å²) in [5.41, 5.74) is 8.02. The van der Waals surface area contributed by atoms with Gasteiger partial charge in [0.2, 0.25) is 5.91 Å². The van der Waals surface area contributed by atoms with Gasteiger partial charge in [-0.1, -0.05) is 42.5 Å². The SMILES string of the molecule is CC(C)(C)OC(=O)N(CCc1ccccc1)CCN1C2CCC1CC(c1cccc(C(N)=O)c1)C2. The third kappa shape index (κ3) is 6.63. The maximum absolute atomic E-state index is 13.0. The first-order chi connectivity index (χ1) is 16.7. The van der Waals surface area contributed by atoms with Crippen molar-refractivity contribution in [3.05, 3.63) is 71.3 Å². The summed E-state index contributed by atoms with van der Waals surface area (Å²) in [4.78, 5) is 29.1. The highest BCUT2D eigenvalue weighted by Crippen LogP contribution is 2.43. The van der Waals surface area contributed by atoms with Crippen LogP contribution < -0.4 is 5.73 Å². The molecule has 0 aliphatic carbocycles. The van der Waals surface area contributed by atoms with Gasteiger partial charge in [0.15, 0.2) is 0 Å². The van der Waals surface area contributed by atoms with Gasteiger partial charge < -0.3 is 15.4 Å². The number of amides is 2. The van der Waals surface area contributed by atoms with Crippen molar-refractivity contribution in [1.82, 2.24) is 9.80 Å². The number of hydrogen-bond acceptors (Lipinski definition) is 4. The molecular weight excluding hydrogens is 438 g/mol. The van der Waals surface area contributed by atoms with E-state index in [-0.39, 0.29) is 12.0 Å². The van der Waals surface area contributed by atoms with Crippen molar-refractivity contribution in [1.29, 1.82) is 0 Å². The minimum atomic E-state index is -0.515. The number of nitrogens with two attached hydrogens (primary N) is 1. The molecule has 35 heavy (non-hydrogen) atoms. The zero-order valence-corrected chi connectivity index (χ0v) is 21.3. The summed E-state index contributed by atoms with van der Waals surface area (Å²) in [7, 11) is 0. The van der Waals surface area contributed by atoms with Crippen LogP contribution >= 0.6 is 0 Å². The normalized spacial score (nSPS) is 22.1. The predicted octanol–water partition coefficient (Wildman–Crippen LogP) is 4.98. The smallest absolute Gasteiger partial charge is 0.410 e. The molecule has 2 aliphatic heterocycles. The summed E-state index contributed by atoms with van der Waals surface area (Å²) in [5.74, 6) is 0.0769. The molecule has 6 heteroatoms. The molecule has 0 radical (unpaired) electrons. The number of primary amides is 1. The number of carbonyl (C=O) groups excluding carboxylic acids is 2. The maximum atomic E-state index is 13.0. The number of ether oxygens (including phenoxy) is 1. The monoisotopic (exact) mass is 477 g/mol. The first-order valence-corrected chi connectivity index (χ1v) is 12.9. The summed E-state index contributed by atoms with van der Waals surface area (Å²) in [5, 5.41) is 0. The van der Waals surface area contributed by atoms with Gasteiger partial charge >= 0.3 is 6.09 Å².